The van der Waals surface area contributed by atoms with Gasteiger partial charge in [-0.2, -0.15) is 4.31 Å². The van der Waals surface area contributed by atoms with Gasteiger partial charge < -0.3 is 10.6 Å². The maximum absolute atomic E-state index is 12.9. The van der Waals surface area contributed by atoms with Gasteiger partial charge in [0.15, 0.2) is 0 Å². The Morgan fingerprint density at radius 3 is 2.24 bits per heavy atom. The summed E-state index contributed by atoms with van der Waals surface area (Å²) < 4.78 is 27.2. The van der Waals surface area contributed by atoms with E-state index in [9.17, 15) is 8.42 Å². The summed E-state index contributed by atoms with van der Waals surface area (Å²) in [7, 11) is 0.340. The van der Waals surface area contributed by atoms with Gasteiger partial charge in [-0.15, -0.1) is 0 Å². The van der Waals surface area contributed by atoms with Crippen molar-refractivity contribution in [3.05, 3.63) is 23.3 Å². The molecule has 0 saturated heterocycles. The molecule has 5 nitrogen and oxygen atoms in total. The molecule has 0 fully saturated rings. The summed E-state index contributed by atoms with van der Waals surface area (Å²) in [5.74, 6) is 0. The molecule has 21 heavy (non-hydrogen) atoms. The summed E-state index contributed by atoms with van der Waals surface area (Å²) in [5.41, 5.74) is 8.27. The van der Waals surface area contributed by atoms with E-state index in [1.807, 2.05) is 46.7 Å². The standard InChI is InChI=1S/C15H27N3O2S/c1-7-18(12(3)10-17(5)6)21(19,20)14-8-11(2)13(4)15(16)9-14/h8-9,12H,7,10,16H2,1-6H3. The SMILES string of the molecule is CCN(C(C)CN(C)C)S(=O)(=O)c1cc(C)c(C)c(N)c1. The molecule has 0 spiro atoms. The van der Waals surface area contributed by atoms with Gasteiger partial charge in [0.25, 0.3) is 0 Å². The second-order valence-electron chi connectivity index (χ2n) is 5.77. The Morgan fingerprint density at radius 1 is 1.24 bits per heavy atom. The third kappa shape index (κ3) is 3.96. The Morgan fingerprint density at radius 2 is 1.81 bits per heavy atom. The molecule has 0 bridgehead atoms. The topological polar surface area (TPSA) is 66.6 Å². The number of rotatable bonds is 6. The van der Waals surface area contributed by atoms with E-state index < -0.39 is 10.0 Å². The summed E-state index contributed by atoms with van der Waals surface area (Å²) in [6, 6.07) is 3.16. The summed E-state index contributed by atoms with van der Waals surface area (Å²) in [4.78, 5) is 2.26. The van der Waals surface area contributed by atoms with Crippen LogP contribution in [0.15, 0.2) is 17.0 Å². The van der Waals surface area contributed by atoms with E-state index in [1.54, 1.807) is 12.1 Å². The first-order chi connectivity index (χ1) is 9.61. The molecule has 0 amide bonds. The number of aryl methyl sites for hydroxylation is 1. The molecule has 0 heterocycles. The van der Waals surface area contributed by atoms with E-state index in [0.717, 1.165) is 11.1 Å². The minimum atomic E-state index is -3.53. The lowest BCUT2D eigenvalue weighted by molar-refractivity contribution is 0.271. The highest BCUT2D eigenvalue weighted by molar-refractivity contribution is 7.89. The van der Waals surface area contributed by atoms with Crippen LogP contribution < -0.4 is 5.73 Å². The maximum Gasteiger partial charge on any atom is 0.243 e. The Balaban J connectivity index is 3.25. The first kappa shape index (κ1) is 17.9. The van der Waals surface area contributed by atoms with E-state index in [2.05, 4.69) is 0 Å². The van der Waals surface area contributed by atoms with Crippen molar-refractivity contribution < 1.29 is 8.42 Å². The molecular weight excluding hydrogens is 286 g/mol. The van der Waals surface area contributed by atoms with Crippen molar-refractivity contribution in [2.24, 2.45) is 0 Å². The van der Waals surface area contributed by atoms with E-state index in [1.165, 1.54) is 4.31 Å². The number of nitrogen functional groups attached to an aromatic ring is 1. The van der Waals surface area contributed by atoms with Gasteiger partial charge in [-0.05, 0) is 58.1 Å². The minimum Gasteiger partial charge on any atom is -0.398 e. The zero-order chi connectivity index (χ0) is 16.4. The zero-order valence-electron chi connectivity index (χ0n) is 13.8. The lowest BCUT2D eigenvalue weighted by atomic mass is 10.1. The average molecular weight is 313 g/mol. The Labute approximate surface area is 128 Å². The molecule has 1 rings (SSSR count). The third-order valence-corrected chi connectivity index (χ3v) is 5.79. The second-order valence-corrected chi connectivity index (χ2v) is 7.66. The molecule has 0 saturated carbocycles. The molecule has 0 radical (unpaired) electrons. The molecule has 0 aliphatic heterocycles. The van der Waals surface area contributed by atoms with Gasteiger partial charge in [-0.1, -0.05) is 6.92 Å². The van der Waals surface area contributed by atoms with Crippen LogP contribution in [-0.2, 0) is 10.0 Å². The first-order valence-corrected chi connectivity index (χ1v) is 8.58. The fourth-order valence-electron chi connectivity index (χ4n) is 2.47. The van der Waals surface area contributed by atoms with Crippen LogP contribution in [0, 0.1) is 13.8 Å². The minimum absolute atomic E-state index is 0.0992. The van der Waals surface area contributed by atoms with Crippen LogP contribution in [0.5, 0.6) is 0 Å². The molecule has 6 heteroatoms. The van der Waals surface area contributed by atoms with E-state index in [0.29, 0.717) is 18.8 Å². The van der Waals surface area contributed by atoms with Crippen LogP contribution in [0.25, 0.3) is 0 Å². The second kappa shape index (κ2) is 6.77. The van der Waals surface area contributed by atoms with Crippen LogP contribution in [0.3, 0.4) is 0 Å². The molecule has 1 unspecified atom stereocenters. The van der Waals surface area contributed by atoms with Gasteiger partial charge in [0.1, 0.15) is 0 Å². The maximum atomic E-state index is 12.9. The van der Waals surface area contributed by atoms with Crippen molar-refractivity contribution in [3.8, 4) is 0 Å². The number of nitrogens with two attached hydrogens (primary N) is 1. The number of nitrogens with zero attached hydrogens (tertiary/aromatic N) is 2. The van der Waals surface area contributed by atoms with Crippen molar-refractivity contribution in [1.82, 2.24) is 9.21 Å². The van der Waals surface area contributed by atoms with Gasteiger partial charge in [-0.25, -0.2) is 8.42 Å². The first-order valence-electron chi connectivity index (χ1n) is 7.14. The predicted molar refractivity (Wildman–Crippen MR) is 87.9 cm³/mol. The molecule has 1 atom stereocenters. The lowest BCUT2D eigenvalue weighted by Gasteiger charge is -2.29. The van der Waals surface area contributed by atoms with Gasteiger partial charge in [0.2, 0.25) is 10.0 Å². The van der Waals surface area contributed by atoms with Crippen molar-refractivity contribution in [3.63, 3.8) is 0 Å². The highest BCUT2D eigenvalue weighted by atomic mass is 32.2. The highest BCUT2D eigenvalue weighted by Crippen LogP contribution is 2.25. The Kier molecular flexibility index (Phi) is 5.78. The highest BCUT2D eigenvalue weighted by Gasteiger charge is 2.28. The van der Waals surface area contributed by atoms with Crippen molar-refractivity contribution in [2.75, 3.05) is 32.9 Å². The average Bonchev–Trinajstić information content (AvgIpc) is 2.34. The van der Waals surface area contributed by atoms with Gasteiger partial charge >= 0.3 is 0 Å². The normalized spacial score (nSPS) is 13.9. The fraction of sp³-hybridized carbons (Fsp3) is 0.600. The molecule has 1 aromatic rings. The number of sulfonamides is 1. The summed E-state index contributed by atoms with van der Waals surface area (Å²) in [6.07, 6.45) is 0. The number of likely N-dealkylation sites (N-methyl/N-ethyl adjacent to an activating group) is 2. The van der Waals surface area contributed by atoms with E-state index in [4.69, 9.17) is 5.73 Å². The molecule has 0 aliphatic rings. The summed E-state index contributed by atoms with van der Waals surface area (Å²) >= 11 is 0. The molecule has 120 valence electrons. The molecule has 0 aromatic heterocycles. The van der Waals surface area contributed by atoms with Crippen LogP contribution in [-0.4, -0.2) is 50.8 Å². The van der Waals surface area contributed by atoms with Crippen molar-refractivity contribution >= 4 is 15.7 Å². The summed E-state index contributed by atoms with van der Waals surface area (Å²) in [5, 5.41) is 0. The predicted octanol–water partition coefficient (Wildman–Crippen LogP) is 1.85. The van der Waals surface area contributed by atoms with Crippen LogP contribution in [0.4, 0.5) is 5.69 Å². The van der Waals surface area contributed by atoms with E-state index >= 15 is 0 Å². The molecular formula is C15H27N3O2S. The van der Waals surface area contributed by atoms with Gasteiger partial charge in [0, 0.05) is 24.8 Å². The number of hydrogen-bond donors (Lipinski definition) is 1. The van der Waals surface area contributed by atoms with Gasteiger partial charge in [0.05, 0.1) is 4.90 Å². The number of benzene rings is 1. The number of hydrogen-bond acceptors (Lipinski definition) is 4. The zero-order valence-corrected chi connectivity index (χ0v) is 14.7. The Bertz CT molecular complexity index is 574. The summed E-state index contributed by atoms with van der Waals surface area (Å²) in [6.45, 7) is 8.66. The van der Waals surface area contributed by atoms with Crippen LogP contribution in [0.1, 0.15) is 25.0 Å². The quantitative estimate of drug-likeness (QED) is 0.814. The smallest absolute Gasteiger partial charge is 0.243 e. The lowest BCUT2D eigenvalue weighted by Crippen LogP contribution is -2.43. The Hall–Kier alpha value is -1.11. The van der Waals surface area contributed by atoms with E-state index in [-0.39, 0.29) is 10.9 Å². The molecule has 1 aromatic carbocycles. The third-order valence-electron chi connectivity index (χ3n) is 3.72. The van der Waals surface area contributed by atoms with Crippen LogP contribution in [0.2, 0.25) is 0 Å². The largest absolute Gasteiger partial charge is 0.398 e. The van der Waals surface area contributed by atoms with Crippen LogP contribution >= 0.6 is 0 Å². The molecule has 0 aliphatic carbocycles. The van der Waals surface area contributed by atoms with Gasteiger partial charge in [-0.3, -0.25) is 0 Å². The molecule has 2 N–H and O–H groups in total. The van der Waals surface area contributed by atoms with Crippen molar-refractivity contribution in [2.45, 2.75) is 38.6 Å². The van der Waals surface area contributed by atoms with Crippen molar-refractivity contribution in [1.29, 1.82) is 0 Å². The monoisotopic (exact) mass is 313 g/mol. The number of anilines is 1. The fourth-order valence-corrected chi connectivity index (χ4v) is 4.23.